The molecule has 6 heteroatoms. The fourth-order valence-corrected chi connectivity index (χ4v) is 12.9. The van der Waals surface area contributed by atoms with Crippen LogP contribution in [-0.4, -0.2) is 47.4 Å². The molecule has 87 heavy (non-hydrogen) atoms. The summed E-state index contributed by atoms with van der Waals surface area (Å²) in [6.45, 7) is 4.95. The summed E-state index contributed by atoms with van der Waals surface area (Å²) in [5.74, 6) is -0.0354. The Labute approximate surface area is 545 Å². The highest BCUT2D eigenvalue weighted by molar-refractivity contribution is 5.76. The molecule has 0 aromatic carbocycles. The van der Waals surface area contributed by atoms with Crippen molar-refractivity contribution in [2.24, 2.45) is 0 Å². The maximum absolute atomic E-state index is 12.5. The molecule has 2 atom stereocenters. The number of esters is 1. The van der Waals surface area contributed by atoms with Gasteiger partial charge in [0.1, 0.15) is 0 Å². The van der Waals surface area contributed by atoms with E-state index in [-0.39, 0.29) is 18.5 Å². The van der Waals surface area contributed by atoms with E-state index in [4.69, 9.17) is 4.74 Å². The molecule has 0 saturated carbocycles. The summed E-state index contributed by atoms with van der Waals surface area (Å²) in [4.78, 5) is 24.6. The lowest BCUT2D eigenvalue weighted by atomic mass is 10.0. The first-order chi connectivity index (χ1) is 43.0. The van der Waals surface area contributed by atoms with Crippen molar-refractivity contribution >= 4 is 11.9 Å². The zero-order valence-electron chi connectivity index (χ0n) is 59.3. The van der Waals surface area contributed by atoms with Crippen LogP contribution in [0.5, 0.6) is 0 Å². The number of amides is 1. The molecular weight excluding hydrogens is 1070 g/mol. The third-order valence-corrected chi connectivity index (χ3v) is 19.0. The van der Waals surface area contributed by atoms with Gasteiger partial charge < -0.3 is 20.3 Å². The molecule has 0 aromatic rings. The maximum atomic E-state index is 12.5. The van der Waals surface area contributed by atoms with Crippen LogP contribution in [0.1, 0.15) is 457 Å². The van der Waals surface area contributed by atoms with Gasteiger partial charge in [0.15, 0.2) is 0 Å². The lowest BCUT2D eigenvalue weighted by Gasteiger charge is -2.20. The van der Waals surface area contributed by atoms with Crippen LogP contribution < -0.4 is 5.32 Å². The van der Waals surface area contributed by atoms with Gasteiger partial charge in [0.05, 0.1) is 25.4 Å². The van der Waals surface area contributed by atoms with E-state index in [0.29, 0.717) is 19.4 Å². The maximum Gasteiger partial charge on any atom is 0.305 e. The van der Waals surface area contributed by atoms with Crippen molar-refractivity contribution < 1.29 is 24.5 Å². The normalized spacial score (nSPS) is 12.6. The molecule has 0 fully saturated rings. The predicted octanol–water partition coefficient (Wildman–Crippen LogP) is 26.4. The highest BCUT2D eigenvalue weighted by Gasteiger charge is 2.18. The molecule has 1 amide bonds. The largest absolute Gasteiger partial charge is 0.466 e. The highest BCUT2D eigenvalue weighted by Crippen LogP contribution is 2.20. The summed E-state index contributed by atoms with van der Waals surface area (Å²) >= 11 is 0. The van der Waals surface area contributed by atoms with Gasteiger partial charge in [0.2, 0.25) is 5.91 Å². The summed E-state index contributed by atoms with van der Waals surface area (Å²) in [5.41, 5.74) is 0. The van der Waals surface area contributed by atoms with Crippen molar-refractivity contribution in [2.75, 3.05) is 13.2 Å². The van der Waals surface area contributed by atoms with E-state index in [1.54, 1.807) is 6.08 Å². The zero-order chi connectivity index (χ0) is 62.8. The number of hydrogen-bond acceptors (Lipinski definition) is 5. The number of ether oxygens (including phenoxy) is 1. The minimum atomic E-state index is -0.842. The van der Waals surface area contributed by atoms with Gasteiger partial charge in [0.25, 0.3) is 0 Å². The Hall–Kier alpha value is -1.66. The molecule has 0 aromatic heterocycles. The van der Waals surface area contributed by atoms with Crippen molar-refractivity contribution in [1.29, 1.82) is 0 Å². The van der Waals surface area contributed by atoms with E-state index in [9.17, 15) is 19.8 Å². The summed E-state index contributed by atoms with van der Waals surface area (Å²) in [6, 6.07) is -0.625. The van der Waals surface area contributed by atoms with Crippen molar-refractivity contribution in [1.82, 2.24) is 5.32 Å². The first-order valence-electron chi connectivity index (χ1n) is 40.1. The van der Waals surface area contributed by atoms with Gasteiger partial charge in [-0.25, -0.2) is 0 Å². The van der Waals surface area contributed by atoms with E-state index < -0.39 is 12.1 Å². The van der Waals surface area contributed by atoms with Gasteiger partial charge in [-0.1, -0.05) is 411 Å². The van der Waals surface area contributed by atoms with E-state index in [2.05, 4.69) is 31.3 Å². The van der Waals surface area contributed by atoms with Gasteiger partial charge in [0, 0.05) is 12.8 Å². The Bertz CT molecular complexity index is 1360. The summed E-state index contributed by atoms with van der Waals surface area (Å²) < 4.78 is 5.49. The minimum Gasteiger partial charge on any atom is -0.466 e. The molecule has 0 aliphatic carbocycles. The minimum absolute atomic E-state index is 0.0238. The highest BCUT2D eigenvalue weighted by atomic mass is 16.5. The fraction of sp³-hybridized carbons (Fsp3) is 0.926. The molecular formula is C81H157NO5. The number of hydrogen-bond donors (Lipinski definition) is 3. The Morgan fingerprint density at radius 2 is 0.540 bits per heavy atom. The second-order valence-corrected chi connectivity index (χ2v) is 27.8. The van der Waals surface area contributed by atoms with Crippen molar-refractivity contribution in [3.05, 3.63) is 24.3 Å². The summed E-state index contributed by atoms with van der Waals surface area (Å²) in [7, 11) is 0. The van der Waals surface area contributed by atoms with Crippen molar-refractivity contribution in [3.8, 4) is 0 Å². The molecule has 0 rings (SSSR count). The molecule has 2 unspecified atom stereocenters. The van der Waals surface area contributed by atoms with Crippen LogP contribution in [0.25, 0.3) is 0 Å². The number of allylic oxidation sites excluding steroid dienone is 3. The second kappa shape index (κ2) is 76.8. The predicted molar refractivity (Wildman–Crippen MR) is 384 cm³/mol. The van der Waals surface area contributed by atoms with Crippen molar-refractivity contribution in [2.45, 2.75) is 469 Å². The number of carbonyl (C=O) groups is 2. The van der Waals surface area contributed by atoms with Gasteiger partial charge >= 0.3 is 5.97 Å². The van der Waals surface area contributed by atoms with Crippen molar-refractivity contribution in [3.63, 3.8) is 0 Å². The van der Waals surface area contributed by atoms with E-state index in [0.717, 1.165) is 38.5 Å². The molecule has 0 aliphatic rings. The van der Waals surface area contributed by atoms with Crippen LogP contribution in [0.15, 0.2) is 24.3 Å². The molecule has 0 heterocycles. The van der Waals surface area contributed by atoms with Crippen LogP contribution in [0.4, 0.5) is 0 Å². The monoisotopic (exact) mass is 1220 g/mol. The van der Waals surface area contributed by atoms with Crippen LogP contribution in [0.3, 0.4) is 0 Å². The van der Waals surface area contributed by atoms with Gasteiger partial charge in [-0.2, -0.15) is 0 Å². The second-order valence-electron chi connectivity index (χ2n) is 27.8. The summed E-state index contributed by atoms with van der Waals surface area (Å²) in [5, 5.41) is 23.3. The molecule has 0 spiro atoms. The van der Waals surface area contributed by atoms with Crippen LogP contribution in [-0.2, 0) is 14.3 Å². The topological polar surface area (TPSA) is 95.9 Å². The van der Waals surface area contributed by atoms with Crippen LogP contribution >= 0.6 is 0 Å². The molecule has 6 nitrogen and oxygen atoms in total. The molecule has 0 bridgehead atoms. The molecule has 0 radical (unpaired) electrons. The SMILES string of the molecule is CCCCCCCCCCCCCCCCCCC/C=C/C(O)C(CO)NC(=O)CCCCCCCCCCCCCCCCCCC/C=C\CCCCCCCCCCCCCCCCCCCCOC(=O)CCCCCCCCCCCCCC. The Balaban J connectivity index is 3.34. The Kier molecular flexibility index (Phi) is 75.3. The van der Waals surface area contributed by atoms with Gasteiger partial charge in [-0.05, 0) is 57.8 Å². The van der Waals surface area contributed by atoms with E-state index in [1.165, 1.54) is 392 Å². The van der Waals surface area contributed by atoms with Gasteiger partial charge in [-0.15, -0.1) is 0 Å². The number of aliphatic hydroxyl groups excluding tert-OH is 2. The molecule has 0 aliphatic heterocycles. The Morgan fingerprint density at radius 3 is 0.816 bits per heavy atom. The average molecular weight is 1230 g/mol. The smallest absolute Gasteiger partial charge is 0.305 e. The number of unbranched alkanes of at least 4 members (excludes halogenated alkanes) is 63. The number of rotatable bonds is 76. The molecule has 0 saturated heterocycles. The van der Waals surface area contributed by atoms with E-state index in [1.807, 2.05) is 6.08 Å². The fourth-order valence-electron chi connectivity index (χ4n) is 12.9. The van der Waals surface area contributed by atoms with Gasteiger partial charge in [-0.3, -0.25) is 9.59 Å². The number of nitrogens with one attached hydrogen (secondary N) is 1. The first-order valence-corrected chi connectivity index (χ1v) is 40.1. The number of carbonyl (C=O) groups excluding carboxylic acids is 2. The Morgan fingerprint density at radius 1 is 0.310 bits per heavy atom. The lowest BCUT2D eigenvalue weighted by Crippen LogP contribution is -2.45. The number of aliphatic hydroxyl groups is 2. The third kappa shape index (κ3) is 73.3. The van der Waals surface area contributed by atoms with Crippen LogP contribution in [0, 0.1) is 0 Å². The standard InChI is InChI=1S/C81H157NO5/c1-3-5-7-9-11-13-15-17-18-19-41-44-47-50-53-57-61-65-69-73-79(84)78(77-83)82-80(85)74-70-66-62-58-54-51-48-45-42-39-37-35-33-31-29-27-25-23-21-20-22-24-26-28-30-32-34-36-38-40-43-46-49-52-56-60-64-68-72-76-87-81(86)75-71-67-63-59-55-16-14-12-10-8-6-4-2/h20-21,69,73,78-79,83-84H,3-19,22-68,70-72,74-77H2,1-2H3,(H,82,85)/b21-20-,73-69+. The molecule has 3 N–H and O–H groups in total. The first kappa shape index (κ1) is 85.3. The third-order valence-electron chi connectivity index (χ3n) is 19.0. The van der Waals surface area contributed by atoms with Crippen LogP contribution in [0.2, 0.25) is 0 Å². The quantitative estimate of drug-likeness (QED) is 0.0320. The zero-order valence-corrected chi connectivity index (χ0v) is 59.3. The average Bonchev–Trinajstić information content (AvgIpc) is 3.53. The van der Waals surface area contributed by atoms with E-state index >= 15 is 0 Å². The summed E-state index contributed by atoms with van der Waals surface area (Å²) in [6.07, 6.45) is 98.9. The molecule has 516 valence electrons. The lowest BCUT2D eigenvalue weighted by molar-refractivity contribution is -0.143.